The van der Waals surface area contributed by atoms with Crippen molar-refractivity contribution in [2.45, 2.75) is 51.2 Å². The topological polar surface area (TPSA) is 70.1 Å². The van der Waals surface area contributed by atoms with Crippen molar-refractivity contribution in [3.8, 4) is 5.75 Å². The molecule has 1 saturated heterocycles. The third-order valence-corrected chi connectivity index (χ3v) is 5.36. The number of aliphatic hydroxyl groups is 1. The minimum absolute atomic E-state index is 0.0106. The van der Waals surface area contributed by atoms with Gasteiger partial charge in [-0.25, -0.2) is 0 Å². The molecule has 6 nitrogen and oxygen atoms in total. The molecule has 0 unspecified atom stereocenters. The van der Waals surface area contributed by atoms with Gasteiger partial charge in [-0.15, -0.1) is 0 Å². The Morgan fingerprint density at radius 3 is 2.65 bits per heavy atom. The van der Waals surface area contributed by atoms with Crippen LogP contribution in [0, 0.1) is 6.92 Å². The Kier molecular flexibility index (Phi) is 6.14. The number of hydrogen-bond acceptors (Lipinski definition) is 4. The van der Waals surface area contributed by atoms with Crippen molar-refractivity contribution >= 4 is 11.8 Å². The predicted octanol–water partition coefficient (Wildman–Crippen LogP) is 1.74. The largest absolute Gasteiger partial charge is 0.490 e. The molecule has 1 aliphatic carbocycles. The molecule has 3 rings (SSSR count). The Balaban J connectivity index is 1.50. The highest BCUT2D eigenvalue weighted by atomic mass is 16.5. The van der Waals surface area contributed by atoms with E-state index in [4.69, 9.17) is 4.74 Å². The Morgan fingerprint density at radius 2 is 1.96 bits per heavy atom. The average Bonchev–Trinajstić information content (AvgIpc) is 2.67. The summed E-state index contributed by atoms with van der Waals surface area (Å²) < 4.78 is 5.56. The highest BCUT2D eigenvalue weighted by Crippen LogP contribution is 2.24. The van der Waals surface area contributed by atoms with E-state index in [1.807, 2.05) is 30.0 Å². The van der Waals surface area contributed by atoms with Crippen LogP contribution in [0.25, 0.3) is 0 Å². The zero-order valence-corrected chi connectivity index (χ0v) is 15.4. The lowest BCUT2D eigenvalue weighted by Crippen LogP contribution is -2.57. The molecule has 0 aromatic heterocycles. The molecular weight excluding hydrogens is 332 g/mol. The van der Waals surface area contributed by atoms with Gasteiger partial charge in [0.25, 0.3) is 5.91 Å². The Bertz CT molecular complexity index is 642. The quantitative estimate of drug-likeness (QED) is 0.868. The molecule has 6 heteroatoms. The number of carbonyl (C=O) groups is 2. The summed E-state index contributed by atoms with van der Waals surface area (Å²) in [6.45, 7) is 2.88. The summed E-state index contributed by atoms with van der Waals surface area (Å²) >= 11 is 0. The summed E-state index contributed by atoms with van der Waals surface area (Å²) in [7, 11) is 0. The number of aryl methyl sites for hydroxylation is 1. The number of piperazine rings is 1. The summed E-state index contributed by atoms with van der Waals surface area (Å²) in [6, 6.07) is 7.79. The van der Waals surface area contributed by atoms with E-state index in [0.29, 0.717) is 24.9 Å². The molecule has 0 spiro atoms. The van der Waals surface area contributed by atoms with E-state index < -0.39 is 12.0 Å². The van der Waals surface area contributed by atoms with Gasteiger partial charge in [0, 0.05) is 19.1 Å². The maximum Gasteiger partial charge on any atom is 0.255 e. The molecule has 2 aliphatic rings. The van der Waals surface area contributed by atoms with Crippen LogP contribution in [0.2, 0.25) is 0 Å². The second kappa shape index (κ2) is 8.54. The molecule has 0 radical (unpaired) electrons. The number of nitrogens with zero attached hydrogens (tertiary/aromatic N) is 2. The SMILES string of the molecule is Cc1ccccc1OC[C@@H](O)C(=O)N1CCN(C2CCCCC2)C(=O)C1. The Labute approximate surface area is 154 Å². The van der Waals surface area contributed by atoms with Gasteiger partial charge in [-0.3, -0.25) is 9.59 Å². The number of amides is 2. The molecule has 2 fully saturated rings. The molecule has 142 valence electrons. The van der Waals surface area contributed by atoms with Gasteiger partial charge in [0.15, 0.2) is 6.10 Å². The first-order valence-corrected chi connectivity index (χ1v) is 9.51. The van der Waals surface area contributed by atoms with Crippen LogP contribution in [0.4, 0.5) is 0 Å². The number of rotatable bonds is 5. The van der Waals surface area contributed by atoms with Gasteiger partial charge < -0.3 is 19.6 Å². The van der Waals surface area contributed by atoms with Crippen molar-refractivity contribution in [2.24, 2.45) is 0 Å². The van der Waals surface area contributed by atoms with E-state index in [-0.39, 0.29) is 19.1 Å². The number of benzene rings is 1. The number of para-hydroxylation sites is 1. The second-order valence-corrected chi connectivity index (χ2v) is 7.23. The predicted molar refractivity (Wildman–Crippen MR) is 97.8 cm³/mol. The minimum atomic E-state index is -1.26. The van der Waals surface area contributed by atoms with Crippen LogP contribution in [0.5, 0.6) is 5.75 Å². The van der Waals surface area contributed by atoms with Crippen molar-refractivity contribution in [2.75, 3.05) is 26.2 Å². The number of carbonyl (C=O) groups excluding carboxylic acids is 2. The summed E-state index contributed by atoms with van der Waals surface area (Å²) in [5.41, 5.74) is 0.948. The molecular formula is C20H28N2O4. The summed E-state index contributed by atoms with van der Waals surface area (Å²) in [4.78, 5) is 28.3. The molecule has 2 amide bonds. The minimum Gasteiger partial charge on any atom is -0.490 e. The fourth-order valence-electron chi connectivity index (χ4n) is 3.82. The summed E-state index contributed by atoms with van der Waals surface area (Å²) in [6.07, 6.45) is 4.46. The zero-order valence-electron chi connectivity index (χ0n) is 15.4. The lowest BCUT2D eigenvalue weighted by Gasteiger charge is -2.40. The fraction of sp³-hybridized carbons (Fsp3) is 0.600. The van der Waals surface area contributed by atoms with Crippen molar-refractivity contribution < 1.29 is 19.4 Å². The van der Waals surface area contributed by atoms with Gasteiger partial charge in [-0.1, -0.05) is 37.5 Å². The van der Waals surface area contributed by atoms with Crippen molar-refractivity contribution in [3.05, 3.63) is 29.8 Å². The Hall–Kier alpha value is -2.08. The maximum absolute atomic E-state index is 12.5. The van der Waals surface area contributed by atoms with Gasteiger partial charge in [0.1, 0.15) is 12.4 Å². The second-order valence-electron chi connectivity index (χ2n) is 7.23. The molecule has 1 atom stereocenters. The van der Waals surface area contributed by atoms with E-state index in [9.17, 15) is 14.7 Å². The molecule has 1 heterocycles. The van der Waals surface area contributed by atoms with Crippen LogP contribution in [-0.2, 0) is 9.59 Å². The summed E-state index contributed by atoms with van der Waals surface area (Å²) in [5.74, 6) is 0.205. The fourth-order valence-corrected chi connectivity index (χ4v) is 3.82. The summed E-state index contributed by atoms with van der Waals surface area (Å²) in [5, 5.41) is 10.2. The maximum atomic E-state index is 12.5. The van der Waals surface area contributed by atoms with E-state index in [1.165, 1.54) is 24.2 Å². The van der Waals surface area contributed by atoms with Crippen LogP contribution in [0.3, 0.4) is 0 Å². The molecule has 0 bridgehead atoms. The van der Waals surface area contributed by atoms with Crippen molar-refractivity contribution in [3.63, 3.8) is 0 Å². The van der Waals surface area contributed by atoms with Crippen molar-refractivity contribution in [1.82, 2.24) is 9.80 Å². The Morgan fingerprint density at radius 1 is 1.23 bits per heavy atom. The van der Waals surface area contributed by atoms with Gasteiger partial charge in [-0.2, -0.15) is 0 Å². The standard InChI is InChI=1S/C20H28N2O4/c1-15-7-5-6-10-18(15)26-14-17(23)20(25)21-11-12-22(19(24)13-21)16-8-3-2-4-9-16/h5-7,10,16-17,23H,2-4,8-9,11-14H2,1H3/t17-/m1/s1. The van der Waals surface area contributed by atoms with Gasteiger partial charge in [0.2, 0.25) is 5.91 Å². The van der Waals surface area contributed by atoms with Gasteiger partial charge in [-0.05, 0) is 31.4 Å². The highest BCUT2D eigenvalue weighted by Gasteiger charge is 2.34. The number of ether oxygens (including phenoxy) is 1. The number of aliphatic hydroxyl groups excluding tert-OH is 1. The zero-order chi connectivity index (χ0) is 18.5. The van der Waals surface area contributed by atoms with Crippen LogP contribution in [-0.4, -0.2) is 65.1 Å². The highest BCUT2D eigenvalue weighted by molar-refractivity contribution is 5.88. The average molecular weight is 360 g/mol. The van der Waals surface area contributed by atoms with E-state index in [2.05, 4.69) is 0 Å². The molecule has 26 heavy (non-hydrogen) atoms. The van der Waals surface area contributed by atoms with Crippen LogP contribution >= 0.6 is 0 Å². The molecule has 1 aromatic carbocycles. The monoisotopic (exact) mass is 360 g/mol. The number of hydrogen-bond donors (Lipinski definition) is 1. The third-order valence-electron chi connectivity index (χ3n) is 5.36. The van der Waals surface area contributed by atoms with Crippen LogP contribution in [0.15, 0.2) is 24.3 Å². The van der Waals surface area contributed by atoms with Gasteiger partial charge >= 0.3 is 0 Å². The first-order valence-electron chi connectivity index (χ1n) is 9.51. The van der Waals surface area contributed by atoms with E-state index >= 15 is 0 Å². The lowest BCUT2D eigenvalue weighted by atomic mass is 9.93. The van der Waals surface area contributed by atoms with E-state index in [1.54, 1.807) is 6.07 Å². The normalized spacial score (nSPS) is 20.2. The lowest BCUT2D eigenvalue weighted by molar-refractivity contribution is -0.153. The molecule has 1 N–H and O–H groups in total. The first-order chi connectivity index (χ1) is 12.6. The van der Waals surface area contributed by atoms with E-state index in [0.717, 1.165) is 18.4 Å². The third kappa shape index (κ3) is 4.36. The van der Waals surface area contributed by atoms with Crippen LogP contribution in [0.1, 0.15) is 37.7 Å². The van der Waals surface area contributed by atoms with Crippen LogP contribution < -0.4 is 4.74 Å². The molecule has 1 aromatic rings. The smallest absolute Gasteiger partial charge is 0.255 e. The van der Waals surface area contributed by atoms with Crippen molar-refractivity contribution in [1.29, 1.82) is 0 Å². The molecule has 1 aliphatic heterocycles. The molecule has 1 saturated carbocycles. The first kappa shape index (κ1) is 18.7. The van der Waals surface area contributed by atoms with Gasteiger partial charge in [0.05, 0.1) is 6.54 Å².